The fraction of sp³-hybridized carbons (Fsp3) is 0.671. The molecule has 0 aromatic heterocycles. The van der Waals surface area contributed by atoms with Crippen LogP contribution in [0.5, 0.6) is 0 Å². The molecule has 0 rings (SSSR count). The number of allylic oxidation sites excluding steroid dienone is 20. The number of quaternary nitrogens is 1. The van der Waals surface area contributed by atoms with Gasteiger partial charge in [-0.3, -0.25) is 9.59 Å². The van der Waals surface area contributed by atoms with Crippen molar-refractivity contribution in [3.63, 3.8) is 0 Å². The van der Waals surface area contributed by atoms with Crippen molar-refractivity contribution >= 4 is 17.9 Å². The Hall–Kier alpha value is -4.31. The monoisotopic (exact) mass is 1100 g/mol. The van der Waals surface area contributed by atoms with E-state index in [9.17, 15) is 19.5 Å². The molecule has 1 N–H and O–H groups in total. The third kappa shape index (κ3) is 61.2. The number of esters is 2. The molecule has 9 heteroatoms. The van der Waals surface area contributed by atoms with Crippen molar-refractivity contribution in [2.24, 2.45) is 0 Å². The molecule has 0 aliphatic rings. The minimum absolute atomic E-state index is 0.174. The summed E-state index contributed by atoms with van der Waals surface area (Å²) < 4.78 is 22.8. The molecule has 0 bridgehead atoms. The average molecular weight is 1100 g/mol. The molecule has 2 unspecified atom stereocenters. The van der Waals surface area contributed by atoms with Crippen molar-refractivity contribution in [2.75, 3.05) is 47.5 Å². The number of carbonyl (C=O) groups is 3. The van der Waals surface area contributed by atoms with Crippen LogP contribution in [0.25, 0.3) is 0 Å². The lowest BCUT2D eigenvalue weighted by Crippen LogP contribution is -2.40. The summed E-state index contributed by atoms with van der Waals surface area (Å²) in [4.78, 5) is 37.3. The van der Waals surface area contributed by atoms with Gasteiger partial charge in [-0.05, 0) is 89.9 Å². The molecule has 0 aromatic carbocycles. The van der Waals surface area contributed by atoms with Crippen LogP contribution in [0, 0.1) is 0 Å². The molecule has 0 fully saturated rings. The van der Waals surface area contributed by atoms with E-state index >= 15 is 0 Å². The van der Waals surface area contributed by atoms with E-state index in [4.69, 9.17) is 18.9 Å². The third-order valence-corrected chi connectivity index (χ3v) is 13.2. The van der Waals surface area contributed by atoms with Crippen LogP contribution in [0.4, 0.5) is 0 Å². The Kier molecular flexibility index (Phi) is 56.5. The normalized spacial score (nSPS) is 13.6. The maximum absolute atomic E-state index is 12.9. The van der Waals surface area contributed by atoms with Crippen LogP contribution in [0.3, 0.4) is 0 Å². The van der Waals surface area contributed by atoms with E-state index in [1.165, 1.54) is 128 Å². The van der Waals surface area contributed by atoms with Crippen molar-refractivity contribution in [1.29, 1.82) is 0 Å². The van der Waals surface area contributed by atoms with Gasteiger partial charge in [-0.25, -0.2) is 4.79 Å². The van der Waals surface area contributed by atoms with Crippen molar-refractivity contribution < 1.29 is 42.9 Å². The lowest BCUT2D eigenvalue weighted by molar-refractivity contribution is -0.870. The van der Waals surface area contributed by atoms with Crippen molar-refractivity contribution in [3.8, 4) is 0 Å². The highest BCUT2D eigenvalue weighted by Gasteiger charge is 2.25. The first-order chi connectivity index (χ1) is 38.6. The highest BCUT2D eigenvalue weighted by Crippen LogP contribution is 2.17. The van der Waals surface area contributed by atoms with Crippen LogP contribution < -0.4 is 0 Å². The summed E-state index contributed by atoms with van der Waals surface area (Å²) in [6.07, 6.45) is 82.0. The van der Waals surface area contributed by atoms with Gasteiger partial charge in [-0.15, -0.1) is 0 Å². The predicted octanol–water partition coefficient (Wildman–Crippen LogP) is 19.2. The van der Waals surface area contributed by atoms with Crippen LogP contribution in [0.1, 0.15) is 245 Å². The first-order valence-electron chi connectivity index (χ1n) is 31.7. The molecule has 0 spiro atoms. The van der Waals surface area contributed by atoms with E-state index in [1.54, 1.807) is 0 Å². The van der Waals surface area contributed by atoms with E-state index in [2.05, 4.69) is 123 Å². The minimum atomic E-state index is -1.53. The molecular formula is C70H118NO8+. The van der Waals surface area contributed by atoms with Gasteiger partial charge >= 0.3 is 17.9 Å². The number of carbonyl (C=O) groups excluding carboxylic acids is 2. The summed E-state index contributed by atoms with van der Waals surface area (Å²) in [6, 6.07) is 0. The molecule has 0 aliphatic carbocycles. The topological polar surface area (TPSA) is 108 Å². The molecule has 0 saturated carbocycles. The first kappa shape index (κ1) is 74.7. The highest BCUT2D eigenvalue weighted by molar-refractivity contribution is 5.71. The Morgan fingerprint density at radius 1 is 0.380 bits per heavy atom. The van der Waals surface area contributed by atoms with E-state index < -0.39 is 30.3 Å². The zero-order valence-corrected chi connectivity index (χ0v) is 51.2. The molecule has 9 nitrogen and oxygen atoms in total. The van der Waals surface area contributed by atoms with Gasteiger partial charge in [0.1, 0.15) is 13.2 Å². The molecule has 0 saturated heterocycles. The van der Waals surface area contributed by atoms with Gasteiger partial charge in [-0.1, -0.05) is 264 Å². The fourth-order valence-electron chi connectivity index (χ4n) is 8.44. The van der Waals surface area contributed by atoms with Gasteiger partial charge in [0.25, 0.3) is 6.29 Å². The number of likely N-dealkylation sites (N-methyl/N-ethyl adjacent to an activating group) is 1. The smallest absolute Gasteiger partial charge is 0.361 e. The minimum Gasteiger partial charge on any atom is -0.477 e. The zero-order chi connectivity index (χ0) is 57.6. The average Bonchev–Trinajstić information content (AvgIpc) is 3.42. The Morgan fingerprint density at radius 2 is 0.709 bits per heavy atom. The molecule has 0 radical (unpaired) electrons. The summed E-state index contributed by atoms with van der Waals surface area (Å²) in [7, 11) is 5.94. The third-order valence-electron chi connectivity index (χ3n) is 13.2. The number of aliphatic carboxylic acids is 1. The lowest BCUT2D eigenvalue weighted by atomic mass is 10.0. The number of carboxylic acid groups (broad SMARTS) is 1. The number of ether oxygens (including phenoxy) is 4. The second-order valence-corrected chi connectivity index (χ2v) is 22.0. The maximum Gasteiger partial charge on any atom is 0.361 e. The lowest BCUT2D eigenvalue weighted by Gasteiger charge is -2.25. The standard InChI is InChI=1S/C70H117NO8/c1-6-8-10-12-14-16-18-20-21-22-23-24-25-26-27-28-29-30-31-32-33-34-35-36-37-38-39-40-41-42-43-44-45-46-47-49-51-53-55-57-59-61-68(73)79-66(65-78-70(69(74)75)76-63-62-71(3,4)5)64-77-67(72)60-58-56-54-52-50-48-19-17-15-13-11-9-7-2/h8-11,14-17,20-21,23-24,26-27,29-30,48,50,54,56,66,70H,6-7,12-13,18-19,22,25,28,31-47,49,51-53,55,57-65H2,1-5H3/p+1/b10-8-,11-9-,16-14-,17-15-,21-20-,24-23-,27-26-,30-29-,50-48-,56-54-. The number of hydrogen-bond acceptors (Lipinski definition) is 7. The van der Waals surface area contributed by atoms with Crippen molar-refractivity contribution in [1.82, 2.24) is 0 Å². The predicted molar refractivity (Wildman–Crippen MR) is 336 cm³/mol. The second-order valence-electron chi connectivity index (χ2n) is 22.0. The van der Waals surface area contributed by atoms with Crippen LogP contribution in [0.15, 0.2) is 122 Å². The van der Waals surface area contributed by atoms with Gasteiger partial charge in [0.05, 0.1) is 34.4 Å². The molecule has 0 aliphatic heterocycles. The number of hydrogen-bond donors (Lipinski definition) is 1. The fourth-order valence-corrected chi connectivity index (χ4v) is 8.44. The summed E-state index contributed by atoms with van der Waals surface area (Å²) in [5, 5.41) is 9.69. The largest absolute Gasteiger partial charge is 0.477 e. The Labute approximate surface area is 485 Å². The summed E-state index contributed by atoms with van der Waals surface area (Å²) in [5.74, 6) is -2.11. The van der Waals surface area contributed by atoms with Gasteiger partial charge in [0.2, 0.25) is 0 Å². The van der Waals surface area contributed by atoms with Crippen LogP contribution >= 0.6 is 0 Å². The first-order valence-corrected chi connectivity index (χ1v) is 31.7. The summed E-state index contributed by atoms with van der Waals surface area (Å²) in [5.41, 5.74) is 0. The molecule has 0 heterocycles. The van der Waals surface area contributed by atoms with Gasteiger partial charge in [0.15, 0.2) is 6.10 Å². The molecule has 0 aromatic rings. The Balaban J connectivity index is 3.99. The molecule has 0 amide bonds. The van der Waals surface area contributed by atoms with Crippen LogP contribution in [-0.4, -0.2) is 87.4 Å². The Bertz CT molecular complexity index is 1710. The number of carboxylic acids is 1. The number of rotatable bonds is 57. The van der Waals surface area contributed by atoms with Gasteiger partial charge < -0.3 is 28.5 Å². The number of unbranched alkanes of at least 4 members (excludes halogenated alkanes) is 22. The molecular weight excluding hydrogens is 983 g/mol. The van der Waals surface area contributed by atoms with E-state index in [1.807, 2.05) is 33.3 Å². The van der Waals surface area contributed by atoms with Crippen LogP contribution in [0.2, 0.25) is 0 Å². The zero-order valence-electron chi connectivity index (χ0n) is 51.2. The van der Waals surface area contributed by atoms with Gasteiger partial charge in [-0.2, -0.15) is 0 Å². The highest BCUT2D eigenvalue weighted by atomic mass is 16.7. The van der Waals surface area contributed by atoms with Crippen molar-refractivity contribution in [3.05, 3.63) is 122 Å². The van der Waals surface area contributed by atoms with Crippen molar-refractivity contribution in [2.45, 2.75) is 257 Å². The molecule has 450 valence electrons. The SMILES string of the molecule is CC/C=C\C/C=C\C/C=C\C/C=C\C/C=C\C/C=C\CCCCCCCCCCCCCCCCCCCCCCCCC(=O)OC(COC(=O)CC/C=C\C/C=C\C/C=C\C/C=C\CC)COC(OCC[N+](C)(C)C)C(=O)O. The van der Waals surface area contributed by atoms with Gasteiger partial charge in [0, 0.05) is 12.8 Å². The summed E-state index contributed by atoms with van der Waals surface area (Å²) in [6.45, 7) is 4.56. The molecule has 79 heavy (non-hydrogen) atoms. The molecule has 2 atom stereocenters. The second kappa shape index (κ2) is 59.8. The maximum atomic E-state index is 12.9. The number of nitrogens with zero attached hydrogens (tertiary/aromatic N) is 1. The Morgan fingerprint density at radius 3 is 1.06 bits per heavy atom. The van der Waals surface area contributed by atoms with E-state index in [-0.39, 0.29) is 32.7 Å². The summed E-state index contributed by atoms with van der Waals surface area (Å²) >= 11 is 0. The quantitative estimate of drug-likeness (QED) is 0.0211. The van der Waals surface area contributed by atoms with Crippen LogP contribution in [-0.2, 0) is 33.3 Å². The van der Waals surface area contributed by atoms with E-state index in [0.29, 0.717) is 23.9 Å². The van der Waals surface area contributed by atoms with E-state index in [0.717, 1.165) is 77.0 Å².